The van der Waals surface area contributed by atoms with Crippen molar-refractivity contribution in [2.24, 2.45) is 5.73 Å². The molecule has 2 aliphatic rings. The smallest absolute Gasteiger partial charge is 0.242 e. The van der Waals surface area contributed by atoms with E-state index in [0.29, 0.717) is 13.2 Å². The van der Waals surface area contributed by atoms with Crippen LogP contribution in [0.4, 0.5) is 0 Å². The van der Waals surface area contributed by atoms with E-state index in [1.807, 2.05) is 11.8 Å². The van der Waals surface area contributed by atoms with E-state index in [1.54, 1.807) is 0 Å². The third-order valence-corrected chi connectivity index (χ3v) is 4.19. The molecule has 1 aliphatic carbocycles. The van der Waals surface area contributed by atoms with Crippen molar-refractivity contribution in [3.63, 3.8) is 0 Å². The Hall–Kier alpha value is -0.650. The standard InChI is InChI=1S/C14H26N2O3/c1-2-18-10-11-19-12-4-8-16(9-5-12)13(17)14(15)6-3-7-14/h12H,2-11,15H2,1H3. The summed E-state index contributed by atoms with van der Waals surface area (Å²) in [4.78, 5) is 14.2. The Balaban J connectivity index is 1.66. The number of nitrogens with zero attached hydrogens (tertiary/aromatic N) is 1. The van der Waals surface area contributed by atoms with Crippen LogP contribution in [0.2, 0.25) is 0 Å². The van der Waals surface area contributed by atoms with Crippen molar-refractivity contribution in [2.45, 2.75) is 50.7 Å². The predicted octanol–water partition coefficient (Wildman–Crippen LogP) is 0.912. The first-order valence-corrected chi connectivity index (χ1v) is 7.43. The monoisotopic (exact) mass is 270 g/mol. The number of carbonyl (C=O) groups excluding carboxylic acids is 1. The van der Waals surface area contributed by atoms with Crippen molar-refractivity contribution in [1.29, 1.82) is 0 Å². The zero-order valence-corrected chi connectivity index (χ0v) is 11.9. The van der Waals surface area contributed by atoms with Gasteiger partial charge in [-0.3, -0.25) is 4.79 Å². The molecule has 0 atom stereocenters. The summed E-state index contributed by atoms with van der Waals surface area (Å²) in [5.41, 5.74) is 5.53. The Morgan fingerprint density at radius 1 is 1.32 bits per heavy atom. The molecule has 1 heterocycles. The molecule has 1 saturated carbocycles. The Morgan fingerprint density at radius 2 is 2.00 bits per heavy atom. The van der Waals surface area contributed by atoms with Gasteiger partial charge in [-0.05, 0) is 39.0 Å². The lowest BCUT2D eigenvalue weighted by Gasteiger charge is -2.42. The molecular formula is C14H26N2O3. The number of amides is 1. The average molecular weight is 270 g/mol. The van der Waals surface area contributed by atoms with E-state index in [0.717, 1.165) is 51.8 Å². The van der Waals surface area contributed by atoms with Gasteiger partial charge < -0.3 is 20.1 Å². The maximum absolute atomic E-state index is 12.2. The fourth-order valence-corrected chi connectivity index (χ4v) is 2.73. The number of hydrogen-bond acceptors (Lipinski definition) is 4. The summed E-state index contributed by atoms with van der Waals surface area (Å²) in [6.45, 7) is 5.56. The van der Waals surface area contributed by atoms with Crippen molar-refractivity contribution >= 4 is 5.91 Å². The predicted molar refractivity (Wildman–Crippen MR) is 72.8 cm³/mol. The minimum absolute atomic E-state index is 0.145. The molecule has 2 fully saturated rings. The summed E-state index contributed by atoms with van der Waals surface area (Å²) >= 11 is 0. The van der Waals surface area contributed by atoms with Gasteiger partial charge in [-0.15, -0.1) is 0 Å². The molecule has 1 saturated heterocycles. The molecule has 110 valence electrons. The lowest BCUT2D eigenvalue weighted by molar-refractivity contribution is -0.143. The van der Waals surface area contributed by atoms with Crippen LogP contribution in [-0.4, -0.2) is 55.4 Å². The summed E-state index contributed by atoms with van der Waals surface area (Å²) < 4.78 is 11.0. The van der Waals surface area contributed by atoms with Gasteiger partial charge in [0.2, 0.25) is 5.91 Å². The summed E-state index contributed by atoms with van der Waals surface area (Å²) in [6, 6.07) is 0. The summed E-state index contributed by atoms with van der Waals surface area (Å²) in [5.74, 6) is 0.145. The highest BCUT2D eigenvalue weighted by Crippen LogP contribution is 2.31. The van der Waals surface area contributed by atoms with Gasteiger partial charge in [0, 0.05) is 19.7 Å². The molecule has 1 amide bonds. The summed E-state index contributed by atoms with van der Waals surface area (Å²) in [7, 11) is 0. The molecule has 5 heteroatoms. The number of rotatable bonds is 6. The maximum Gasteiger partial charge on any atom is 0.242 e. The van der Waals surface area contributed by atoms with Crippen LogP contribution in [-0.2, 0) is 14.3 Å². The highest BCUT2D eigenvalue weighted by molar-refractivity contribution is 5.87. The fourth-order valence-electron chi connectivity index (χ4n) is 2.73. The van der Waals surface area contributed by atoms with Crippen molar-refractivity contribution in [3.8, 4) is 0 Å². The molecule has 5 nitrogen and oxygen atoms in total. The van der Waals surface area contributed by atoms with Gasteiger partial charge in [-0.1, -0.05) is 0 Å². The minimum Gasteiger partial charge on any atom is -0.379 e. The molecule has 1 aliphatic heterocycles. The van der Waals surface area contributed by atoms with Crippen LogP contribution < -0.4 is 5.73 Å². The van der Waals surface area contributed by atoms with Crippen LogP contribution in [0.3, 0.4) is 0 Å². The van der Waals surface area contributed by atoms with Crippen LogP contribution in [0.15, 0.2) is 0 Å². The third-order valence-electron chi connectivity index (χ3n) is 4.19. The van der Waals surface area contributed by atoms with E-state index in [2.05, 4.69) is 0 Å². The van der Waals surface area contributed by atoms with Crippen molar-refractivity contribution in [1.82, 2.24) is 4.90 Å². The minimum atomic E-state index is -0.553. The van der Waals surface area contributed by atoms with Gasteiger partial charge in [-0.2, -0.15) is 0 Å². The molecule has 0 radical (unpaired) electrons. The van der Waals surface area contributed by atoms with Crippen molar-refractivity contribution < 1.29 is 14.3 Å². The van der Waals surface area contributed by atoms with Crippen LogP contribution >= 0.6 is 0 Å². The first kappa shape index (κ1) is 14.8. The largest absolute Gasteiger partial charge is 0.379 e. The van der Waals surface area contributed by atoms with Gasteiger partial charge in [0.25, 0.3) is 0 Å². The normalized spacial score (nSPS) is 23.2. The number of ether oxygens (including phenoxy) is 2. The molecule has 0 bridgehead atoms. The number of hydrogen-bond donors (Lipinski definition) is 1. The second kappa shape index (κ2) is 6.68. The van der Waals surface area contributed by atoms with Crippen molar-refractivity contribution in [3.05, 3.63) is 0 Å². The Morgan fingerprint density at radius 3 is 2.53 bits per heavy atom. The lowest BCUT2D eigenvalue weighted by atomic mass is 9.76. The fraction of sp³-hybridized carbons (Fsp3) is 0.929. The molecular weight excluding hydrogens is 244 g/mol. The highest BCUT2D eigenvalue weighted by Gasteiger charge is 2.43. The van der Waals surface area contributed by atoms with Gasteiger partial charge in [0.15, 0.2) is 0 Å². The average Bonchev–Trinajstić information content (AvgIpc) is 2.41. The second-order valence-electron chi connectivity index (χ2n) is 5.57. The first-order valence-electron chi connectivity index (χ1n) is 7.43. The number of carbonyl (C=O) groups is 1. The third kappa shape index (κ3) is 3.68. The topological polar surface area (TPSA) is 64.8 Å². The van der Waals surface area contributed by atoms with Crippen LogP contribution in [0.25, 0.3) is 0 Å². The van der Waals surface area contributed by atoms with E-state index in [1.165, 1.54) is 0 Å². The molecule has 0 aromatic heterocycles. The number of likely N-dealkylation sites (tertiary alicyclic amines) is 1. The highest BCUT2D eigenvalue weighted by atomic mass is 16.5. The molecule has 2 rings (SSSR count). The first-order chi connectivity index (χ1) is 9.15. The maximum atomic E-state index is 12.2. The van der Waals surface area contributed by atoms with Gasteiger partial charge in [0.1, 0.15) is 0 Å². The number of nitrogens with two attached hydrogens (primary N) is 1. The van der Waals surface area contributed by atoms with E-state index in [4.69, 9.17) is 15.2 Å². The Kier molecular flexibility index (Phi) is 5.19. The zero-order chi connectivity index (χ0) is 13.7. The lowest BCUT2D eigenvalue weighted by Crippen LogP contribution is -2.60. The van der Waals surface area contributed by atoms with Crippen molar-refractivity contribution in [2.75, 3.05) is 32.9 Å². The Bertz CT molecular complexity index is 297. The molecule has 0 aromatic rings. The summed E-state index contributed by atoms with van der Waals surface area (Å²) in [6.07, 6.45) is 4.86. The molecule has 0 aromatic carbocycles. The summed E-state index contributed by atoms with van der Waals surface area (Å²) in [5, 5.41) is 0. The molecule has 19 heavy (non-hydrogen) atoms. The van der Waals surface area contributed by atoms with Gasteiger partial charge in [-0.25, -0.2) is 0 Å². The van der Waals surface area contributed by atoms with Gasteiger partial charge >= 0.3 is 0 Å². The van der Waals surface area contributed by atoms with Crippen LogP contribution in [0, 0.1) is 0 Å². The van der Waals surface area contributed by atoms with E-state index >= 15 is 0 Å². The SMILES string of the molecule is CCOCCOC1CCN(C(=O)C2(N)CCC2)CC1. The second-order valence-corrected chi connectivity index (χ2v) is 5.57. The van der Waals surface area contributed by atoms with E-state index in [-0.39, 0.29) is 12.0 Å². The van der Waals surface area contributed by atoms with Gasteiger partial charge in [0.05, 0.1) is 24.9 Å². The van der Waals surface area contributed by atoms with Crippen LogP contribution in [0.5, 0.6) is 0 Å². The molecule has 0 unspecified atom stereocenters. The quantitative estimate of drug-likeness (QED) is 0.729. The molecule has 2 N–H and O–H groups in total. The van der Waals surface area contributed by atoms with E-state index < -0.39 is 5.54 Å². The number of piperidine rings is 1. The molecule has 0 spiro atoms. The Labute approximate surface area is 115 Å². The zero-order valence-electron chi connectivity index (χ0n) is 11.9. The van der Waals surface area contributed by atoms with Crippen LogP contribution in [0.1, 0.15) is 39.0 Å². The van der Waals surface area contributed by atoms with E-state index in [9.17, 15) is 4.79 Å².